The van der Waals surface area contributed by atoms with Gasteiger partial charge >= 0.3 is 0 Å². The predicted molar refractivity (Wildman–Crippen MR) is 40.9 cm³/mol. The molecule has 2 N–H and O–H groups in total. The minimum absolute atomic E-state index is 0.119. The van der Waals surface area contributed by atoms with E-state index in [0.29, 0.717) is 16.3 Å². The van der Waals surface area contributed by atoms with Crippen LogP contribution in [0.5, 0.6) is 0 Å². The highest BCUT2D eigenvalue weighted by atomic mass is 32.2. The molecule has 0 aromatic carbocycles. The van der Waals surface area contributed by atoms with E-state index in [1.807, 2.05) is 0 Å². The maximum atomic E-state index is 12.2. The van der Waals surface area contributed by atoms with Crippen LogP contribution < -0.4 is 5.73 Å². The van der Waals surface area contributed by atoms with Crippen molar-refractivity contribution in [2.45, 2.75) is 17.7 Å². The molecule has 3 unspecified atom stereocenters. The molecule has 4 heteroatoms. The number of alkyl halides is 1. The zero-order valence-electron chi connectivity index (χ0n) is 5.46. The second-order valence-electron chi connectivity index (χ2n) is 2.74. The molecule has 56 valence electrons. The second-order valence-corrected chi connectivity index (χ2v) is 4.00. The van der Waals surface area contributed by atoms with Gasteiger partial charge in [-0.15, -0.1) is 0 Å². The molecule has 2 aliphatic rings. The summed E-state index contributed by atoms with van der Waals surface area (Å²) >= 11 is 1.60. The molecule has 0 bridgehead atoms. The summed E-state index contributed by atoms with van der Waals surface area (Å²) in [7, 11) is 0. The molecule has 1 fully saturated rings. The molecule has 0 spiro atoms. The van der Waals surface area contributed by atoms with Gasteiger partial charge in [0.1, 0.15) is 6.67 Å². The van der Waals surface area contributed by atoms with Gasteiger partial charge in [0.05, 0.1) is 6.04 Å². The number of amidine groups is 1. The van der Waals surface area contributed by atoms with Gasteiger partial charge in [-0.1, -0.05) is 11.8 Å². The summed E-state index contributed by atoms with van der Waals surface area (Å²) in [5, 5.41) is 1.15. The van der Waals surface area contributed by atoms with E-state index in [9.17, 15) is 4.39 Å². The van der Waals surface area contributed by atoms with Crippen molar-refractivity contribution in [3.8, 4) is 0 Å². The first-order valence-corrected chi connectivity index (χ1v) is 4.25. The molecule has 2 rings (SSSR count). The van der Waals surface area contributed by atoms with Gasteiger partial charge in [-0.3, -0.25) is 4.99 Å². The number of nitrogens with zero attached hydrogens (tertiary/aromatic N) is 1. The van der Waals surface area contributed by atoms with Gasteiger partial charge < -0.3 is 5.73 Å². The van der Waals surface area contributed by atoms with Crippen molar-refractivity contribution in [1.29, 1.82) is 0 Å². The maximum absolute atomic E-state index is 12.2. The lowest BCUT2D eigenvalue weighted by Gasteiger charge is -2.13. The summed E-state index contributed by atoms with van der Waals surface area (Å²) in [5.41, 5.74) is 5.46. The van der Waals surface area contributed by atoms with Gasteiger partial charge in [0.2, 0.25) is 0 Å². The van der Waals surface area contributed by atoms with Gasteiger partial charge in [-0.25, -0.2) is 4.39 Å². The first-order valence-electron chi connectivity index (χ1n) is 3.37. The molecule has 1 aliphatic carbocycles. The Balaban J connectivity index is 2.11. The zero-order chi connectivity index (χ0) is 7.14. The third-order valence-corrected chi connectivity index (χ3v) is 3.19. The van der Waals surface area contributed by atoms with Crippen LogP contribution in [-0.4, -0.2) is 23.1 Å². The maximum Gasteiger partial charge on any atom is 0.154 e. The van der Waals surface area contributed by atoms with Gasteiger partial charge in [0, 0.05) is 5.25 Å². The normalized spacial score (nSPS) is 44.1. The Bertz CT molecular complexity index is 183. The minimum atomic E-state index is -0.345. The summed E-state index contributed by atoms with van der Waals surface area (Å²) in [6.45, 7) is -0.345. The van der Waals surface area contributed by atoms with Crippen LogP contribution in [0.1, 0.15) is 6.42 Å². The van der Waals surface area contributed by atoms with Crippen LogP contribution in [0.4, 0.5) is 4.39 Å². The van der Waals surface area contributed by atoms with Crippen molar-refractivity contribution < 1.29 is 4.39 Å². The van der Waals surface area contributed by atoms with Crippen LogP contribution in [-0.2, 0) is 0 Å². The molecule has 10 heavy (non-hydrogen) atoms. The number of fused-ring (bicyclic) bond motifs is 1. The molecule has 3 atom stereocenters. The SMILES string of the molecule is NC1=NC(CF)C2CC2S1. The number of rotatable bonds is 1. The monoisotopic (exact) mass is 160 g/mol. The fourth-order valence-electron chi connectivity index (χ4n) is 1.32. The largest absolute Gasteiger partial charge is 0.379 e. The number of aliphatic imine (C=N–C) groups is 1. The Labute approximate surface area is 63.1 Å². The van der Waals surface area contributed by atoms with Gasteiger partial charge in [-0.2, -0.15) is 0 Å². The van der Waals surface area contributed by atoms with Crippen molar-refractivity contribution in [1.82, 2.24) is 0 Å². The van der Waals surface area contributed by atoms with E-state index in [1.165, 1.54) is 0 Å². The van der Waals surface area contributed by atoms with Crippen molar-refractivity contribution in [2.75, 3.05) is 6.67 Å². The molecule has 0 amide bonds. The second kappa shape index (κ2) is 2.12. The predicted octanol–water partition coefficient (Wildman–Crippen LogP) is 0.774. The summed E-state index contributed by atoms with van der Waals surface area (Å²) < 4.78 is 12.2. The highest BCUT2D eigenvalue weighted by Crippen LogP contribution is 2.48. The van der Waals surface area contributed by atoms with Crippen molar-refractivity contribution in [2.24, 2.45) is 16.6 Å². The molecule has 0 saturated heterocycles. The quantitative estimate of drug-likeness (QED) is 0.615. The number of halogens is 1. The molecule has 1 heterocycles. The molecule has 0 radical (unpaired) electrons. The van der Waals surface area contributed by atoms with E-state index >= 15 is 0 Å². The Hall–Kier alpha value is -0.250. The molecule has 2 nitrogen and oxygen atoms in total. The Kier molecular flexibility index (Phi) is 1.37. The smallest absolute Gasteiger partial charge is 0.154 e. The minimum Gasteiger partial charge on any atom is -0.379 e. The Morgan fingerprint density at radius 2 is 2.60 bits per heavy atom. The third-order valence-electron chi connectivity index (χ3n) is 2.00. The fourth-order valence-corrected chi connectivity index (χ4v) is 2.50. The van der Waals surface area contributed by atoms with Crippen molar-refractivity contribution in [3.05, 3.63) is 0 Å². The third kappa shape index (κ3) is 0.905. The van der Waals surface area contributed by atoms with Gasteiger partial charge in [0.25, 0.3) is 0 Å². The molecule has 1 saturated carbocycles. The van der Waals surface area contributed by atoms with E-state index in [2.05, 4.69) is 4.99 Å². The summed E-state index contributed by atoms with van der Waals surface area (Å²) in [5.74, 6) is 0.488. The first kappa shape index (κ1) is 6.46. The van der Waals surface area contributed by atoms with Crippen LogP contribution in [0.2, 0.25) is 0 Å². The van der Waals surface area contributed by atoms with E-state index in [4.69, 9.17) is 5.73 Å². The van der Waals surface area contributed by atoms with Crippen molar-refractivity contribution >= 4 is 16.9 Å². The highest BCUT2D eigenvalue weighted by molar-refractivity contribution is 8.14. The van der Waals surface area contributed by atoms with Crippen LogP contribution in [0.3, 0.4) is 0 Å². The Morgan fingerprint density at radius 1 is 1.80 bits per heavy atom. The van der Waals surface area contributed by atoms with E-state index in [-0.39, 0.29) is 12.7 Å². The Morgan fingerprint density at radius 3 is 3.30 bits per heavy atom. The summed E-state index contributed by atoms with van der Waals surface area (Å²) in [4.78, 5) is 4.01. The zero-order valence-corrected chi connectivity index (χ0v) is 6.27. The number of thioether (sulfide) groups is 1. The van der Waals surface area contributed by atoms with Gasteiger partial charge in [0.15, 0.2) is 5.17 Å². The molecular weight excluding hydrogens is 151 g/mol. The van der Waals surface area contributed by atoms with Crippen LogP contribution in [0, 0.1) is 5.92 Å². The first-order chi connectivity index (χ1) is 4.81. The van der Waals surface area contributed by atoms with Crippen LogP contribution in [0.15, 0.2) is 4.99 Å². The molecular formula is C6H9FN2S. The van der Waals surface area contributed by atoms with E-state index in [0.717, 1.165) is 6.42 Å². The van der Waals surface area contributed by atoms with Crippen LogP contribution >= 0.6 is 11.8 Å². The highest BCUT2D eigenvalue weighted by Gasteiger charge is 2.46. The number of hydrogen-bond acceptors (Lipinski definition) is 3. The lowest BCUT2D eigenvalue weighted by atomic mass is 10.2. The summed E-state index contributed by atoms with van der Waals surface area (Å²) in [6, 6.07) is -0.119. The number of nitrogens with two attached hydrogens (primary N) is 1. The fraction of sp³-hybridized carbons (Fsp3) is 0.833. The van der Waals surface area contributed by atoms with Crippen molar-refractivity contribution in [3.63, 3.8) is 0 Å². The molecule has 0 aromatic heterocycles. The van der Waals surface area contributed by atoms with Crippen LogP contribution in [0.25, 0.3) is 0 Å². The molecule has 1 aliphatic heterocycles. The number of hydrogen-bond donors (Lipinski definition) is 1. The lowest BCUT2D eigenvalue weighted by molar-refractivity contribution is 0.404. The van der Waals surface area contributed by atoms with E-state index in [1.54, 1.807) is 11.8 Å². The molecule has 0 aromatic rings. The lowest BCUT2D eigenvalue weighted by Crippen LogP contribution is -2.23. The average molecular weight is 160 g/mol. The average Bonchev–Trinajstić information content (AvgIpc) is 2.64. The van der Waals surface area contributed by atoms with Gasteiger partial charge in [-0.05, 0) is 12.3 Å². The van der Waals surface area contributed by atoms with E-state index < -0.39 is 0 Å². The summed E-state index contributed by atoms with van der Waals surface area (Å²) in [6.07, 6.45) is 1.10. The topological polar surface area (TPSA) is 38.4 Å². The standard InChI is InChI=1S/C6H9FN2S/c7-2-4-3-1-5(3)10-6(8)9-4/h3-5H,1-2H2,(H2,8,9).